The molecule has 0 bridgehead atoms. The number of aromatic nitrogens is 9. The maximum absolute atomic E-state index is 12.2. The summed E-state index contributed by atoms with van der Waals surface area (Å²) >= 11 is 6.33. The first kappa shape index (κ1) is 60.3. The van der Waals surface area contributed by atoms with Gasteiger partial charge in [-0.1, -0.05) is 48.1 Å². The third kappa shape index (κ3) is 12.0. The second-order valence-electron chi connectivity index (χ2n) is 25.6. The Balaban J connectivity index is 0.000000118. The number of pyridine rings is 3. The zero-order valence-electron chi connectivity index (χ0n) is 51.1. The fraction of sp³-hybridized carbons (Fsp3) is 0.476. The molecule has 0 amide bonds. The van der Waals surface area contributed by atoms with Crippen LogP contribution in [-0.2, 0) is 88.0 Å². The standard InChI is InChI=1S/C22H26N6O2S.C21H24ClN5O2S.C20H24N6O2S/c1-14-9-20-18(12-28(14)21-7-8-23-19-4-2-3-17(19)21)22(25-13-24-20)27-10-15(11-27)26-31(29,30)16-5-6-16;1-13-8-18-16(11-27(13)19-9-20(22)25-17-5-3-4-15(17)19)21(24-12-23-18)26-7-6-14(10-26)30(2,28)29;1-13-8-18-16(11-26(13)19-6-7-21-17-5-3-4-15(17)19)20(23-12-22-18)25-9-14(10-25)24-29(2,27)28/h2-3,7-8,13-16,26H,4-6,9-12H2,1H3;3-4,9,12-14H,5-8,10-11H2,1-2H3;3-4,6-7,12-14,24H,5,8-11H2,1-2H3/t14-;13-,14+;13-/m111/s1. The first-order valence-corrected chi connectivity index (χ1v) is 36.8. The molecule has 23 nitrogen and oxygen atoms in total. The summed E-state index contributed by atoms with van der Waals surface area (Å²) in [6, 6.07) is 6.93. The molecule has 0 spiro atoms. The van der Waals surface area contributed by atoms with Gasteiger partial charge in [-0.15, -0.1) is 0 Å². The van der Waals surface area contributed by atoms with Crippen molar-refractivity contribution in [2.45, 2.75) is 139 Å². The first-order chi connectivity index (χ1) is 43.2. The van der Waals surface area contributed by atoms with Crippen molar-refractivity contribution in [2.75, 3.05) is 81.2 Å². The average Bonchev–Trinajstić information content (AvgIpc) is 1.13. The number of hydrogen-bond acceptors (Lipinski definition) is 21. The van der Waals surface area contributed by atoms with Crippen LogP contribution in [0.1, 0.15) is 108 Å². The highest BCUT2D eigenvalue weighted by Gasteiger charge is 2.42. The molecule has 0 aromatic carbocycles. The van der Waals surface area contributed by atoms with E-state index in [9.17, 15) is 25.3 Å². The van der Waals surface area contributed by atoms with Crippen LogP contribution in [0.25, 0.3) is 18.2 Å². The van der Waals surface area contributed by atoms with Gasteiger partial charge in [0.05, 0.1) is 63.0 Å². The maximum atomic E-state index is 12.2. The lowest BCUT2D eigenvalue weighted by molar-refractivity contribution is 0.461. The number of halogens is 1. The monoisotopic (exact) mass is 1300 g/mol. The van der Waals surface area contributed by atoms with Gasteiger partial charge in [-0.2, -0.15) is 0 Å². The fourth-order valence-electron chi connectivity index (χ4n) is 14.2. The topological polar surface area (TPSA) is 262 Å². The van der Waals surface area contributed by atoms with Gasteiger partial charge in [0.1, 0.15) is 41.6 Å². The molecule has 10 aliphatic rings. The number of nitrogens with zero attached hydrogens (tertiary/aromatic N) is 15. The molecule has 4 atom stereocenters. The molecule has 6 aromatic heterocycles. The second kappa shape index (κ2) is 23.8. The summed E-state index contributed by atoms with van der Waals surface area (Å²) in [6.45, 7) is 12.5. The Kier molecular flexibility index (Phi) is 15.9. The lowest BCUT2D eigenvalue weighted by Gasteiger charge is -2.43. The van der Waals surface area contributed by atoms with Crippen LogP contribution in [0.15, 0.2) is 67.8 Å². The van der Waals surface area contributed by atoms with E-state index in [0.717, 1.165) is 144 Å². The summed E-state index contributed by atoms with van der Waals surface area (Å²) in [5.74, 6) is 2.71. The Morgan fingerprint density at radius 2 is 0.922 bits per heavy atom. The highest BCUT2D eigenvalue weighted by atomic mass is 35.5. The van der Waals surface area contributed by atoms with Crippen molar-refractivity contribution in [2.24, 2.45) is 0 Å². The van der Waals surface area contributed by atoms with Crippen molar-refractivity contribution in [1.29, 1.82) is 0 Å². The Bertz CT molecular complexity index is 4270. The number of fused-ring (bicyclic) bond motifs is 6. The van der Waals surface area contributed by atoms with Gasteiger partial charge in [-0.25, -0.2) is 69.6 Å². The Labute approximate surface area is 531 Å². The van der Waals surface area contributed by atoms with Gasteiger partial charge in [-0.3, -0.25) is 9.97 Å². The SMILES string of the molecule is C[C@@H]1Cc2ncnc(N3CC(NS(=O)(=O)C4CC4)C3)c2CN1c1ccnc2c1C=CC2.C[C@@H]1Cc2ncnc(N3CC(NS(C)(=O)=O)C3)c2CN1c1ccnc2c1C=CC2.C[C@@H]1Cc2ncnc(N3CC[C@H](S(C)(=O)=O)C3)c2CN1c1cc(Cl)nc2c1C=CC2. The van der Waals surface area contributed by atoms with Gasteiger partial charge in [0.2, 0.25) is 20.0 Å². The third-order valence-corrected chi connectivity index (χ3v) is 23.6. The van der Waals surface area contributed by atoms with E-state index in [-0.39, 0.29) is 28.6 Å². The largest absolute Gasteiger partial charge is 0.363 e. The van der Waals surface area contributed by atoms with Crippen molar-refractivity contribution >= 4 is 94.2 Å². The minimum Gasteiger partial charge on any atom is -0.363 e. The van der Waals surface area contributed by atoms with Crippen LogP contribution in [0.4, 0.5) is 34.5 Å². The molecule has 0 unspecified atom stereocenters. The zero-order valence-corrected chi connectivity index (χ0v) is 54.3. The second-order valence-corrected chi connectivity index (χ2v) is 32.1. The molecule has 6 aliphatic heterocycles. The van der Waals surface area contributed by atoms with E-state index >= 15 is 0 Å². The number of allylic oxidation sites excluding steroid dienone is 3. The molecule has 3 saturated heterocycles. The lowest BCUT2D eigenvalue weighted by Crippen LogP contribution is -2.60. The van der Waals surface area contributed by atoms with Crippen LogP contribution in [-0.4, -0.2) is 163 Å². The Morgan fingerprint density at radius 3 is 1.37 bits per heavy atom. The van der Waals surface area contributed by atoms with E-state index in [4.69, 9.17) is 11.6 Å². The van der Waals surface area contributed by atoms with Crippen LogP contribution in [0.3, 0.4) is 0 Å². The quantitative estimate of drug-likeness (QED) is 0.144. The molecular formula is C63H74ClN17O6S3. The van der Waals surface area contributed by atoms with Crippen molar-refractivity contribution in [3.05, 3.63) is 141 Å². The van der Waals surface area contributed by atoms with Gasteiger partial charge in [0.25, 0.3) is 0 Å². The van der Waals surface area contributed by atoms with Gasteiger partial charge < -0.3 is 29.4 Å². The average molecular weight is 1300 g/mol. The van der Waals surface area contributed by atoms with Crippen LogP contribution >= 0.6 is 11.6 Å². The minimum atomic E-state index is -3.20. The first-order valence-electron chi connectivity index (χ1n) is 31.0. The van der Waals surface area contributed by atoms with Crippen molar-refractivity contribution < 1.29 is 25.3 Å². The summed E-state index contributed by atoms with van der Waals surface area (Å²) in [4.78, 5) is 54.5. The maximum Gasteiger partial charge on any atom is 0.214 e. The van der Waals surface area contributed by atoms with Gasteiger partial charge in [0.15, 0.2) is 9.84 Å². The van der Waals surface area contributed by atoms with E-state index in [1.807, 2.05) is 18.5 Å². The number of hydrogen-bond donors (Lipinski definition) is 2. The molecule has 1 saturated carbocycles. The van der Waals surface area contributed by atoms with Crippen molar-refractivity contribution in [1.82, 2.24) is 54.3 Å². The fourth-order valence-corrected chi connectivity index (χ4v) is 17.7. The predicted molar refractivity (Wildman–Crippen MR) is 351 cm³/mol. The molecule has 4 aliphatic carbocycles. The highest BCUT2D eigenvalue weighted by molar-refractivity contribution is 7.91. The van der Waals surface area contributed by atoms with Gasteiger partial charge in [0, 0.05) is 185 Å². The number of nitrogens with one attached hydrogen (secondary N) is 2. The summed E-state index contributed by atoms with van der Waals surface area (Å²) < 4.78 is 77.0. The van der Waals surface area contributed by atoms with E-state index in [1.165, 1.54) is 35.0 Å². The molecule has 472 valence electrons. The third-order valence-electron chi connectivity index (χ3n) is 19.1. The van der Waals surface area contributed by atoms with Crippen LogP contribution < -0.4 is 38.8 Å². The van der Waals surface area contributed by atoms with Gasteiger partial charge in [-0.05, 0) is 58.2 Å². The summed E-state index contributed by atoms with van der Waals surface area (Å²) in [5.41, 5.74) is 16.9. The zero-order chi connectivity index (χ0) is 62.4. The Morgan fingerprint density at radius 1 is 0.489 bits per heavy atom. The molecule has 0 radical (unpaired) electrons. The number of anilines is 6. The number of rotatable bonds is 12. The number of sulfone groups is 1. The van der Waals surface area contributed by atoms with Crippen LogP contribution in [0.2, 0.25) is 5.15 Å². The van der Waals surface area contributed by atoms with Crippen LogP contribution in [0, 0.1) is 0 Å². The minimum absolute atomic E-state index is 0.0385. The van der Waals surface area contributed by atoms with Crippen LogP contribution in [0.5, 0.6) is 0 Å². The summed E-state index contributed by atoms with van der Waals surface area (Å²) in [6.07, 6.45) is 31.4. The molecule has 16 rings (SSSR count). The van der Waals surface area contributed by atoms with Crippen molar-refractivity contribution in [3.8, 4) is 0 Å². The molecule has 27 heteroatoms. The summed E-state index contributed by atoms with van der Waals surface area (Å²) in [7, 11) is -9.42. The molecular weight excluding hydrogens is 1220 g/mol. The molecule has 90 heavy (non-hydrogen) atoms. The highest BCUT2D eigenvalue weighted by Crippen LogP contribution is 2.42. The molecule has 6 aromatic rings. The van der Waals surface area contributed by atoms with Gasteiger partial charge >= 0.3 is 0 Å². The number of sulfonamides is 2. The molecule has 2 N–H and O–H groups in total. The normalized spacial score (nSPS) is 22.4. The smallest absolute Gasteiger partial charge is 0.214 e. The van der Waals surface area contributed by atoms with E-state index < -0.39 is 29.9 Å². The predicted octanol–water partition coefficient (Wildman–Crippen LogP) is 5.46. The van der Waals surface area contributed by atoms with Crippen molar-refractivity contribution in [3.63, 3.8) is 0 Å². The molecule has 4 fully saturated rings. The van der Waals surface area contributed by atoms with E-state index in [0.29, 0.717) is 69.5 Å². The van der Waals surface area contributed by atoms with E-state index in [2.05, 4.69) is 153 Å². The molecule has 12 heterocycles. The summed E-state index contributed by atoms with van der Waals surface area (Å²) in [5, 5.41) is -0.0146. The Hall–Kier alpha value is -7.23. The van der Waals surface area contributed by atoms with E-state index in [1.54, 1.807) is 19.0 Å². The lowest BCUT2D eigenvalue weighted by atomic mass is 9.97.